The SMILES string of the molecule is CCCCCCCCCCCCCCCc1cc(=O)c2ccccc2o1. The van der Waals surface area contributed by atoms with E-state index in [9.17, 15) is 4.79 Å². The van der Waals surface area contributed by atoms with Crippen molar-refractivity contribution in [2.75, 3.05) is 0 Å². The third-order valence-corrected chi connectivity index (χ3v) is 5.21. The molecule has 0 bridgehead atoms. The molecular weight excluding hydrogens is 320 g/mol. The molecule has 0 atom stereocenters. The smallest absolute Gasteiger partial charge is 0.192 e. The van der Waals surface area contributed by atoms with Crippen LogP contribution in [0.15, 0.2) is 39.5 Å². The van der Waals surface area contributed by atoms with E-state index in [0.717, 1.165) is 18.6 Å². The molecule has 1 heterocycles. The van der Waals surface area contributed by atoms with E-state index in [0.29, 0.717) is 11.0 Å². The number of fused-ring (bicyclic) bond motifs is 1. The van der Waals surface area contributed by atoms with Crippen LogP contribution in [0.1, 0.15) is 96.2 Å². The minimum atomic E-state index is 0.0801. The monoisotopic (exact) mass is 356 g/mol. The van der Waals surface area contributed by atoms with E-state index in [1.165, 1.54) is 77.0 Å². The Bertz CT molecular complexity index is 671. The highest BCUT2D eigenvalue weighted by Gasteiger charge is 2.04. The largest absolute Gasteiger partial charge is 0.461 e. The average Bonchev–Trinajstić information content (AvgIpc) is 2.65. The van der Waals surface area contributed by atoms with Crippen molar-refractivity contribution in [3.8, 4) is 0 Å². The van der Waals surface area contributed by atoms with Gasteiger partial charge in [0.2, 0.25) is 0 Å². The van der Waals surface area contributed by atoms with Gasteiger partial charge in [-0.1, -0.05) is 96.1 Å². The van der Waals surface area contributed by atoms with E-state index < -0.39 is 0 Å². The van der Waals surface area contributed by atoms with Crippen molar-refractivity contribution in [1.82, 2.24) is 0 Å². The highest BCUT2D eigenvalue weighted by Crippen LogP contribution is 2.15. The van der Waals surface area contributed by atoms with Gasteiger partial charge < -0.3 is 4.42 Å². The summed E-state index contributed by atoms with van der Waals surface area (Å²) in [5.41, 5.74) is 0.793. The Morgan fingerprint density at radius 3 is 1.88 bits per heavy atom. The van der Waals surface area contributed by atoms with Crippen LogP contribution in [0.5, 0.6) is 0 Å². The summed E-state index contributed by atoms with van der Waals surface area (Å²) in [6.07, 6.45) is 18.5. The number of hydrogen-bond donors (Lipinski definition) is 0. The number of aryl methyl sites for hydroxylation is 1. The fourth-order valence-corrected chi connectivity index (χ4v) is 3.59. The van der Waals surface area contributed by atoms with Gasteiger partial charge >= 0.3 is 0 Å². The van der Waals surface area contributed by atoms with Crippen molar-refractivity contribution in [1.29, 1.82) is 0 Å². The van der Waals surface area contributed by atoms with Gasteiger partial charge in [0.15, 0.2) is 5.43 Å². The molecule has 2 nitrogen and oxygen atoms in total. The number of para-hydroxylation sites is 1. The highest BCUT2D eigenvalue weighted by molar-refractivity contribution is 5.76. The average molecular weight is 357 g/mol. The van der Waals surface area contributed by atoms with Crippen molar-refractivity contribution < 1.29 is 4.42 Å². The van der Waals surface area contributed by atoms with Crippen molar-refractivity contribution in [3.63, 3.8) is 0 Å². The molecule has 0 radical (unpaired) electrons. The van der Waals surface area contributed by atoms with Gasteiger partial charge in [-0.15, -0.1) is 0 Å². The van der Waals surface area contributed by atoms with Gasteiger partial charge in [0.25, 0.3) is 0 Å². The Labute approximate surface area is 159 Å². The zero-order valence-electron chi connectivity index (χ0n) is 16.6. The molecule has 0 saturated heterocycles. The molecular formula is C24H36O2. The summed E-state index contributed by atoms with van der Waals surface area (Å²) in [5.74, 6) is 0.830. The molecule has 0 fully saturated rings. The minimum Gasteiger partial charge on any atom is -0.461 e. The zero-order chi connectivity index (χ0) is 18.5. The Morgan fingerprint density at radius 1 is 0.731 bits per heavy atom. The van der Waals surface area contributed by atoms with Crippen molar-refractivity contribution in [2.45, 2.75) is 96.8 Å². The molecule has 2 rings (SSSR count). The van der Waals surface area contributed by atoms with Crippen LogP contribution in [0.25, 0.3) is 11.0 Å². The molecule has 0 amide bonds. The fourth-order valence-electron chi connectivity index (χ4n) is 3.59. The van der Waals surface area contributed by atoms with Gasteiger partial charge in [-0.2, -0.15) is 0 Å². The zero-order valence-corrected chi connectivity index (χ0v) is 16.6. The maximum atomic E-state index is 12.1. The number of benzene rings is 1. The maximum Gasteiger partial charge on any atom is 0.192 e. The molecule has 0 aliphatic heterocycles. The Kier molecular flexibility index (Phi) is 10.2. The number of hydrogen-bond acceptors (Lipinski definition) is 2. The Hall–Kier alpha value is -1.57. The van der Waals surface area contributed by atoms with Gasteiger partial charge in [-0.3, -0.25) is 4.79 Å². The van der Waals surface area contributed by atoms with Crippen molar-refractivity contribution in [3.05, 3.63) is 46.3 Å². The summed E-state index contributed by atoms with van der Waals surface area (Å²) in [5, 5.41) is 0.682. The minimum absolute atomic E-state index is 0.0801. The summed E-state index contributed by atoms with van der Waals surface area (Å²) in [7, 11) is 0. The van der Waals surface area contributed by atoms with Gasteiger partial charge in [0, 0.05) is 12.5 Å². The second-order valence-electron chi connectivity index (χ2n) is 7.57. The van der Waals surface area contributed by atoms with Crippen LogP contribution in [0.2, 0.25) is 0 Å². The summed E-state index contributed by atoms with van der Waals surface area (Å²) < 4.78 is 5.85. The van der Waals surface area contributed by atoms with Crippen LogP contribution in [0.4, 0.5) is 0 Å². The third-order valence-electron chi connectivity index (χ3n) is 5.21. The van der Waals surface area contributed by atoms with Crippen LogP contribution >= 0.6 is 0 Å². The molecule has 1 aromatic carbocycles. The molecule has 0 spiro atoms. The lowest BCUT2D eigenvalue weighted by molar-refractivity contribution is 0.505. The van der Waals surface area contributed by atoms with Crippen LogP contribution in [0, 0.1) is 0 Å². The van der Waals surface area contributed by atoms with Crippen molar-refractivity contribution in [2.24, 2.45) is 0 Å². The predicted molar refractivity (Wildman–Crippen MR) is 112 cm³/mol. The first-order valence-corrected chi connectivity index (χ1v) is 10.8. The molecule has 0 saturated carbocycles. The first kappa shape index (κ1) is 20.7. The molecule has 1 aromatic heterocycles. The van der Waals surface area contributed by atoms with E-state index in [1.807, 2.05) is 24.3 Å². The standard InChI is InChI=1S/C24H36O2/c1-2-3-4-5-6-7-8-9-10-11-12-13-14-17-21-20-23(25)22-18-15-16-19-24(22)26-21/h15-16,18-20H,2-14,17H2,1H3. The first-order chi connectivity index (χ1) is 12.8. The summed E-state index contributed by atoms with van der Waals surface area (Å²) in [6, 6.07) is 9.18. The predicted octanol–water partition coefficient (Wildman–Crippen LogP) is 7.43. The Morgan fingerprint density at radius 2 is 1.27 bits per heavy atom. The van der Waals surface area contributed by atoms with Crippen LogP contribution in [0.3, 0.4) is 0 Å². The maximum absolute atomic E-state index is 12.1. The molecule has 0 aliphatic carbocycles. The molecule has 0 N–H and O–H groups in total. The summed E-state index contributed by atoms with van der Waals surface area (Å²) in [6.45, 7) is 2.28. The Balaban J connectivity index is 1.49. The lowest BCUT2D eigenvalue weighted by atomic mass is 10.0. The van der Waals surface area contributed by atoms with Crippen molar-refractivity contribution >= 4 is 11.0 Å². The number of rotatable bonds is 14. The molecule has 26 heavy (non-hydrogen) atoms. The lowest BCUT2D eigenvalue weighted by Crippen LogP contribution is -2.02. The van der Waals surface area contributed by atoms with Gasteiger partial charge in [-0.05, 0) is 18.6 Å². The highest BCUT2D eigenvalue weighted by atomic mass is 16.3. The molecule has 144 valence electrons. The van der Waals surface area contributed by atoms with E-state index in [1.54, 1.807) is 6.07 Å². The van der Waals surface area contributed by atoms with Crippen LogP contribution in [-0.2, 0) is 6.42 Å². The van der Waals surface area contributed by atoms with Crippen LogP contribution in [-0.4, -0.2) is 0 Å². The molecule has 2 heteroatoms. The topological polar surface area (TPSA) is 30.2 Å². The van der Waals surface area contributed by atoms with E-state index in [2.05, 4.69) is 6.92 Å². The second-order valence-corrected chi connectivity index (χ2v) is 7.57. The van der Waals surface area contributed by atoms with E-state index in [4.69, 9.17) is 4.42 Å². The van der Waals surface area contributed by atoms with Gasteiger partial charge in [0.05, 0.1) is 5.39 Å². The third kappa shape index (κ3) is 7.76. The summed E-state index contributed by atoms with van der Waals surface area (Å²) in [4.78, 5) is 12.1. The first-order valence-electron chi connectivity index (χ1n) is 10.8. The number of unbranched alkanes of at least 4 members (excludes halogenated alkanes) is 12. The van der Waals surface area contributed by atoms with E-state index in [-0.39, 0.29) is 5.43 Å². The lowest BCUT2D eigenvalue weighted by Gasteiger charge is -2.04. The molecule has 0 aliphatic rings. The molecule has 2 aromatic rings. The quantitative estimate of drug-likeness (QED) is 0.329. The second kappa shape index (κ2) is 12.7. The van der Waals surface area contributed by atoms with Gasteiger partial charge in [0.1, 0.15) is 11.3 Å². The van der Waals surface area contributed by atoms with Gasteiger partial charge in [-0.25, -0.2) is 0 Å². The molecule has 0 unspecified atom stereocenters. The fraction of sp³-hybridized carbons (Fsp3) is 0.625. The van der Waals surface area contributed by atoms with E-state index >= 15 is 0 Å². The normalized spacial score (nSPS) is 11.3. The summed E-state index contributed by atoms with van der Waals surface area (Å²) >= 11 is 0. The van der Waals surface area contributed by atoms with Crippen LogP contribution < -0.4 is 5.43 Å².